The number of rotatable bonds is 2. The summed E-state index contributed by atoms with van der Waals surface area (Å²) in [6.07, 6.45) is 0. The van der Waals surface area contributed by atoms with Gasteiger partial charge < -0.3 is 21.5 Å². The lowest BCUT2D eigenvalue weighted by Gasteiger charge is -2.19. The standard InChI is InChI=1S/C12H17N3O2/c1-12(2)7-5-8(13)9(14)6-10(7)15(3-4-16)11(12)17/h5-6,16H,3-4,13-14H2,1-2H3. The normalized spacial score (nSPS) is 17.4. The minimum absolute atomic E-state index is 0.0356. The average Bonchev–Trinajstić information content (AvgIpc) is 2.43. The Bertz CT molecular complexity index is 483. The van der Waals surface area contributed by atoms with Crippen LogP contribution in [0.1, 0.15) is 19.4 Å². The molecule has 1 aromatic rings. The van der Waals surface area contributed by atoms with Gasteiger partial charge in [0.25, 0.3) is 0 Å². The van der Waals surface area contributed by atoms with Crippen LogP contribution in [0.15, 0.2) is 12.1 Å². The van der Waals surface area contributed by atoms with E-state index in [2.05, 4.69) is 0 Å². The summed E-state index contributed by atoms with van der Waals surface area (Å²) in [5, 5.41) is 9.01. The molecule has 0 fully saturated rings. The van der Waals surface area contributed by atoms with Crippen molar-refractivity contribution in [2.75, 3.05) is 29.5 Å². The van der Waals surface area contributed by atoms with Gasteiger partial charge >= 0.3 is 0 Å². The van der Waals surface area contributed by atoms with Gasteiger partial charge in [-0.15, -0.1) is 0 Å². The number of fused-ring (bicyclic) bond motifs is 1. The molecule has 0 bridgehead atoms. The zero-order valence-electron chi connectivity index (χ0n) is 10.0. The Hall–Kier alpha value is -1.75. The molecule has 1 heterocycles. The van der Waals surface area contributed by atoms with Crippen molar-refractivity contribution < 1.29 is 9.90 Å². The first-order chi connectivity index (χ1) is 7.89. The second-order valence-corrected chi connectivity index (χ2v) is 4.80. The van der Waals surface area contributed by atoms with E-state index < -0.39 is 5.41 Å². The first kappa shape index (κ1) is 11.7. The van der Waals surface area contributed by atoms with E-state index in [1.54, 1.807) is 17.0 Å². The van der Waals surface area contributed by atoms with Gasteiger partial charge in [-0.05, 0) is 31.5 Å². The fraction of sp³-hybridized carbons (Fsp3) is 0.417. The number of carbonyl (C=O) groups is 1. The molecule has 0 aromatic heterocycles. The molecule has 92 valence electrons. The van der Waals surface area contributed by atoms with Crippen molar-refractivity contribution in [1.29, 1.82) is 0 Å². The Kier molecular flexibility index (Phi) is 2.50. The third-order valence-electron chi connectivity index (χ3n) is 3.27. The van der Waals surface area contributed by atoms with E-state index in [0.29, 0.717) is 11.4 Å². The SMILES string of the molecule is CC1(C)C(=O)N(CCO)c2cc(N)c(N)cc21. The zero-order chi connectivity index (χ0) is 12.8. The molecule has 1 aliphatic rings. The van der Waals surface area contributed by atoms with E-state index in [1.807, 2.05) is 13.8 Å². The molecule has 0 saturated carbocycles. The number of nitrogen functional groups attached to an aromatic ring is 2. The summed E-state index contributed by atoms with van der Waals surface area (Å²) >= 11 is 0. The summed E-state index contributed by atoms with van der Waals surface area (Å²) in [6, 6.07) is 3.45. The molecule has 0 spiro atoms. The highest BCUT2D eigenvalue weighted by Gasteiger charge is 2.43. The molecule has 0 radical (unpaired) electrons. The Balaban J connectivity index is 2.61. The first-order valence-electron chi connectivity index (χ1n) is 5.52. The van der Waals surface area contributed by atoms with E-state index in [0.717, 1.165) is 11.3 Å². The topological polar surface area (TPSA) is 92.6 Å². The monoisotopic (exact) mass is 235 g/mol. The molecule has 0 unspecified atom stereocenters. The number of carbonyl (C=O) groups excluding carboxylic acids is 1. The van der Waals surface area contributed by atoms with Crippen LogP contribution in [0.2, 0.25) is 0 Å². The maximum Gasteiger partial charge on any atom is 0.237 e. The van der Waals surface area contributed by atoms with Crippen LogP contribution in [0.25, 0.3) is 0 Å². The molecular formula is C12H17N3O2. The molecule has 17 heavy (non-hydrogen) atoms. The molecule has 5 N–H and O–H groups in total. The summed E-state index contributed by atoms with van der Waals surface area (Å²) in [4.78, 5) is 13.8. The maximum absolute atomic E-state index is 12.2. The number of hydrogen-bond donors (Lipinski definition) is 3. The number of nitrogens with two attached hydrogens (primary N) is 2. The van der Waals surface area contributed by atoms with Crippen molar-refractivity contribution in [2.45, 2.75) is 19.3 Å². The Morgan fingerprint density at radius 1 is 1.29 bits per heavy atom. The molecule has 1 aromatic carbocycles. The van der Waals surface area contributed by atoms with Gasteiger partial charge in [0, 0.05) is 6.54 Å². The molecule has 1 aliphatic heterocycles. The number of aliphatic hydroxyl groups is 1. The molecule has 0 atom stereocenters. The highest BCUT2D eigenvalue weighted by Crippen LogP contribution is 2.43. The van der Waals surface area contributed by atoms with Crippen LogP contribution in [-0.4, -0.2) is 24.2 Å². The fourth-order valence-electron chi connectivity index (χ4n) is 2.23. The number of hydrogen-bond acceptors (Lipinski definition) is 4. The largest absolute Gasteiger partial charge is 0.397 e. The van der Waals surface area contributed by atoms with Crippen molar-refractivity contribution in [2.24, 2.45) is 0 Å². The van der Waals surface area contributed by atoms with E-state index in [4.69, 9.17) is 16.6 Å². The van der Waals surface area contributed by atoms with Gasteiger partial charge in [-0.2, -0.15) is 0 Å². The smallest absolute Gasteiger partial charge is 0.237 e. The van der Waals surface area contributed by atoms with E-state index in [9.17, 15) is 4.79 Å². The number of benzene rings is 1. The van der Waals surface area contributed by atoms with Crippen molar-refractivity contribution in [3.8, 4) is 0 Å². The zero-order valence-corrected chi connectivity index (χ0v) is 10.0. The van der Waals surface area contributed by atoms with Crippen LogP contribution in [-0.2, 0) is 10.2 Å². The second-order valence-electron chi connectivity index (χ2n) is 4.80. The fourth-order valence-corrected chi connectivity index (χ4v) is 2.23. The second kappa shape index (κ2) is 3.63. The van der Waals surface area contributed by atoms with Crippen LogP contribution < -0.4 is 16.4 Å². The number of anilines is 3. The number of aliphatic hydroxyl groups excluding tert-OH is 1. The maximum atomic E-state index is 12.2. The van der Waals surface area contributed by atoms with Gasteiger partial charge in [-0.1, -0.05) is 0 Å². The molecule has 5 nitrogen and oxygen atoms in total. The van der Waals surface area contributed by atoms with Crippen LogP contribution in [0.4, 0.5) is 17.1 Å². The van der Waals surface area contributed by atoms with Gasteiger partial charge in [0.1, 0.15) is 0 Å². The molecule has 0 aliphatic carbocycles. The quantitative estimate of drug-likeness (QED) is 0.649. The van der Waals surface area contributed by atoms with Gasteiger partial charge in [0.2, 0.25) is 5.91 Å². The van der Waals surface area contributed by atoms with E-state index in [1.165, 1.54) is 0 Å². The van der Waals surface area contributed by atoms with Gasteiger partial charge in [-0.3, -0.25) is 4.79 Å². The van der Waals surface area contributed by atoms with Crippen LogP contribution in [0, 0.1) is 0 Å². The molecule has 0 saturated heterocycles. The first-order valence-corrected chi connectivity index (χ1v) is 5.52. The number of β-amino-alcohol motifs (C(OH)–C–C–N with tert-alkyl or cyclic N) is 1. The minimum Gasteiger partial charge on any atom is -0.397 e. The average molecular weight is 235 g/mol. The summed E-state index contributed by atoms with van der Waals surface area (Å²) in [7, 11) is 0. The lowest BCUT2D eigenvalue weighted by atomic mass is 9.86. The third kappa shape index (κ3) is 1.54. The van der Waals surface area contributed by atoms with Crippen LogP contribution >= 0.6 is 0 Å². The predicted molar refractivity (Wildman–Crippen MR) is 67.7 cm³/mol. The Morgan fingerprint density at radius 3 is 2.47 bits per heavy atom. The molecule has 5 heteroatoms. The Morgan fingerprint density at radius 2 is 1.88 bits per heavy atom. The summed E-state index contributed by atoms with van der Waals surface area (Å²) in [5.74, 6) is -0.0356. The van der Waals surface area contributed by atoms with Gasteiger partial charge in [-0.25, -0.2) is 0 Å². The molecule has 2 rings (SSSR count). The summed E-state index contributed by atoms with van der Waals surface area (Å²) in [6.45, 7) is 3.90. The van der Waals surface area contributed by atoms with Crippen molar-refractivity contribution >= 4 is 23.0 Å². The van der Waals surface area contributed by atoms with E-state index >= 15 is 0 Å². The third-order valence-corrected chi connectivity index (χ3v) is 3.27. The highest BCUT2D eigenvalue weighted by molar-refractivity contribution is 6.08. The van der Waals surface area contributed by atoms with Crippen molar-refractivity contribution in [3.05, 3.63) is 17.7 Å². The lowest BCUT2D eigenvalue weighted by molar-refractivity contribution is -0.122. The van der Waals surface area contributed by atoms with Gasteiger partial charge in [0.15, 0.2) is 0 Å². The lowest BCUT2D eigenvalue weighted by Crippen LogP contribution is -2.37. The molecule has 1 amide bonds. The highest BCUT2D eigenvalue weighted by atomic mass is 16.3. The number of amides is 1. The summed E-state index contributed by atoms with van der Waals surface area (Å²) in [5.41, 5.74) is 13.5. The predicted octanol–water partition coefficient (Wildman–Crippen LogP) is 0.468. The minimum atomic E-state index is -0.619. The van der Waals surface area contributed by atoms with Crippen molar-refractivity contribution in [3.63, 3.8) is 0 Å². The summed E-state index contributed by atoms with van der Waals surface area (Å²) < 4.78 is 0. The van der Waals surface area contributed by atoms with Gasteiger partial charge in [0.05, 0.1) is 29.1 Å². The van der Waals surface area contributed by atoms with Crippen molar-refractivity contribution in [1.82, 2.24) is 0 Å². The van der Waals surface area contributed by atoms with Crippen LogP contribution in [0.5, 0.6) is 0 Å². The molecular weight excluding hydrogens is 218 g/mol. The van der Waals surface area contributed by atoms with Crippen LogP contribution in [0.3, 0.4) is 0 Å². The Labute approximate surface area is 100 Å². The number of nitrogens with zero attached hydrogens (tertiary/aromatic N) is 1. The van der Waals surface area contributed by atoms with E-state index in [-0.39, 0.29) is 19.1 Å².